The number of ether oxygens (including phenoxy) is 1. The summed E-state index contributed by atoms with van der Waals surface area (Å²) in [6.45, 7) is 1.94. The standard InChI is InChI=1S/C15H22N2O4/c1-21-15-7-6-12(10-14(15)17(19)20)11-16-8-2-4-13(16)5-3-9-18/h6-7,10,13,18H,2-5,8-9,11H2,1H3. The molecule has 0 aliphatic carbocycles. The summed E-state index contributed by atoms with van der Waals surface area (Å²) in [6.07, 6.45) is 4.07. The Morgan fingerprint density at radius 3 is 3.00 bits per heavy atom. The maximum absolute atomic E-state index is 11.1. The molecule has 0 aromatic heterocycles. The monoisotopic (exact) mass is 294 g/mol. The molecule has 1 fully saturated rings. The first-order chi connectivity index (χ1) is 10.2. The van der Waals surface area contributed by atoms with E-state index in [1.165, 1.54) is 7.11 Å². The number of aliphatic hydroxyl groups is 1. The Bertz CT molecular complexity index is 493. The lowest BCUT2D eigenvalue weighted by Crippen LogP contribution is -2.29. The lowest BCUT2D eigenvalue weighted by molar-refractivity contribution is -0.385. The van der Waals surface area contributed by atoms with Crippen molar-refractivity contribution in [2.45, 2.75) is 38.3 Å². The smallest absolute Gasteiger partial charge is 0.311 e. The van der Waals surface area contributed by atoms with E-state index in [1.807, 2.05) is 6.07 Å². The van der Waals surface area contributed by atoms with Crippen LogP contribution in [0.1, 0.15) is 31.2 Å². The van der Waals surface area contributed by atoms with E-state index in [2.05, 4.69) is 4.90 Å². The summed E-state index contributed by atoms with van der Waals surface area (Å²) in [4.78, 5) is 13.0. The molecule has 0 radical (unpaired) electrons. The van der Waals surface area contributed by atoms with E-state index < -0.39 is 4.92 Å². The Hall–Kier alpha value is -1.66. The normalized spacial score (nSPS) is 18.9. The molecule has 6 nitrogen and oxygen atoms in total. The highest BCUT2D eigenvalue weighted by Gasteiger charge is 2.25. The van der Waals surface area contributed by atoms with Crippen molar-refractivity contribution in [3.05, 3.63) is 33.9 Å². The summed E-state index contributed by atoms with van der Waals surface area (Å²) >= 11 is 0. The van der Waals surface area contributed by atoms with Crippen molar-refractivity contribution in [2.75, 3.05) is 20.3 Å². The number of nitrogens with zero attached hydrogens (tertiary/aromatic N) is 2. The Morgan fingerprint density at radius 2 is 2.33 bits per heavy atom. The number of hydrogen-bond acceptors (Lipinski definition) is 5. The molecule has 1 N–H and O–H groups in total. The first-order valence-electron chi connectivity index (χ1n) is 7.32. The summed E-state index contributed by atoms with van der Waals surface area (Å²) in [7, 11) is 1.44. The lowest BCUT2D eigenvalue weighted by atomic mass is 10.1. The first kappa shape index (κ1) is 15.7. The fourth-order valence-electron chi connectivity index (χ4n) is 2.97. The van der Waals surface area contributed by atoms with E-state index in [0.29, 0.717) is 18.3 Å². The van der Waals surface area contributed by atoms with Crippen LogP contribution in [0, 0.1) is 10.1 Å². The zero-order chi connectivity index (χ0) is 15.2. The van der Waals surface area contributed by atoms with Crippen molar-refractivity contribution in [3.63, 3.8) is 0 Å². The van der Waals surface area contributed by atoms with Crippen LogP contribution in [0.5, 0.6) is 5.75 Å². The predicted octanol–water partition coefficient (Wildman–Crippen LogP) is 2.34. The number of hydrogen-bond donors (Lipinski definition) is 1. The zero-order valence-electron chi connectivity index (χ0n) is 12.3. The maximum Gasteiger partial charge on any atom is 0.311 e. The molecule has 2 rings (SSSR count). The molecular weight excluding hydrogens is 272 g/mol. The van der Waals surface area contributed by atoms with Gasteiger partial charge in [0.1, 0.15) is 0 Å². The average molecular weight is 294 g/mol. The first-order valence-corrected chi connectivity index (χ1v) is 7.32. The van der Waals surface area contributed by atoms with Crippen LogP contribution in [-0.2, 0) is 6.54 Å². The number of methoxy groups -OCH3 is 1. The van der Waals surface area contributed by atoms with Gasteiger partial charge in [0.15, 0.2) is 5.75 Å². The fraction of sp³-hybridized carbons (Fsp3) is 0.600. The summed E-state index contributed by atoms with van der Waals surface area (Å²) in [5.74, 6) is 0.294. The summed E-state index contributed by atoms with van der Waals surface area (Å²) in [5, 5.41) is 20.0. The minimum absolute atomic E-state index is 0.0149. The highest BCUT2D eigenvalue weighted by molar-refractivity contribution is 5.48. The molecule has 116 valence electrons. The molecule has 0 saturated carbocycles. The largest absolute Gasteiger partial charge is 0.490 e. The van der Waals surface area contributed by atoms with E-state index in [0.717, 1.165) is 37.8 Å². The molecule has 1 unspecified atom stereocenters. The third-order valence-corrected chi connectivity index (χ3v) is 4.02. The predicted molar refractivity (Wildman–Crippen MR) is 79.4 cm³/mol. The van der Waals surface area contributed by atoms with Crippen molar-refractivity contribution < 1.29 is 14.8 Å². The number of benzene rings is 1. The van der Waals surface area contributed by atoms with Gasteiger partial charge in [0.2, 0.25) is 0 Å². The van der Waals surface area contributed by atoms with Gasteiger partial charge in [-0.2, -0.15) is 0 Å². The van der Waals surface area contributed by atoms with Crippen molar-refractivity contribution in [1.82, 2.24) is 4.90 Å². The van der Waals surface area contributed by atoms with Gasteiger partial charge in [0.05, 0.1) is 12.0 Å². The fourth-order valence-corrected chi connectivity index (χ4v) is 2.97. The SMILES string of the molecule is COc1ccc(CN2CCCC2CCCO)cc1[N+](=O)[O-]. The molecule has 0 bridgehead atoms. The van der Waals surface area contributed by atoms with Crippen molar-refractivity contribution in [3.8, 4) is 5.75 Å². The maximum atomic E-state index is 11.1. The number of nitro benzene ring substituents is 1. The number of rotatable bonds is 7. The van der Waals surface area contributed by atoms with Gasteiger partial charge in [-0.3, -0.25) is 15.0 Å². The Balaban J connectivity index is 2.08. The Morgan fingerprint density at radius 1 is 1.52 bits per heavy atom. The van der Waals surface area contributed by atoms with Crippen molar-refractivity contribution in [1.29, 1.82) is 0 Å². The van der Waals surface area contributed by atoms with Gasteiger partial charge in [-0.25, -0.2) is 0 Å². The van der Waals surface area contributed by atoms with Gasteiger partial charge < -0.3 is 9.84 Å². The minimum Gasteiger partial charge on any atom is -0.490 e. The van der Waals surface area contributed by atoms with Crippen LogP contribution in [0.2, 0.25) is 0 Å². The van der Waals surface area contributed by atoms with Crippen LogP contribution in [0.25, 0.3) is 0 Å². The molecule has 0 amide bonds. The molecule has 0 spiro atoms. The van der Waals surface area contributed by atoms with Gasteiger partial charge in [0.25, 0.3) is 0 Å². The molecule has 1 aromatic carbocycles. The molecule has 1 saturated heterocycles. The highest BCUT2D eigenvalue weighted by atomic mass is 16.6. The van der Waals surface area contributed by atoms with Crippen LogP contribution in [0.15, 0.2) is 18.2 Å². The van der Waals surface area contributed by atoms with Gasteiger partial charge in [-0.05, 0) is 43.9 Å². The Labute approximate surface area is 124 Å². The summed E-state index contributed by atoms with van der Waals surface area (Å²) in [5.41, 5.74) is 0.944. The lowest BCUT2D eigenvalue weighted by Gasteiger charge is -2.24. The molecule has 1 aliphatic rings. The number of likely N-dealkylation sites (tertiary alicyclic amines) is 1. The average Bonchev–Trinajstić information content (AvgIpc) is 2.92. The molecule has 1 aliphatic heterocycles. The van der Waals surface area contributed by atoms with Crippen LogP contribution >= 0.6 is 0 Å². The third kappa shape index (κ3) is 3.92. The van der Waals surface area contributed by atoms with Crippen LogP contribution in [-0.4, -0.2) is 41.2 Å². The topological polar surface area (TPSA) is 75.8 Å². The molecular formula is C15H22N2O4. The van der Waals surface area contributed by atoms with Crippen molar-refractivity contribution >= 4 is 5.69 Å². The molecule has 21 heavy (non-hydrogen) atoms. The minimum atomic E-state index is -0.407. The van der Waals surface area contributed by atoms with E-state index in [1.54, 1.807) is 12.1 Å². The van der Waals surface area contributed by atoms with Gasteiger partial charge in [-0.1, -0.05) is 6.07 Å². The quantitative estimate of drug-likeness (QED) is 0.617. The van der Waals surface area contributed by atoms with Gasteiger partial charge >= 0.3 is 5.69 Å². The van der Waals surface area contributed by atoms with Crippen LogP contribution < -0.4 is 4.74 Å². The second kappa shape index (κ2) is 7.38. The number of nitro groups is 1. The van der Waals surface area contributed by atoms with Crippen LogP contribution in [0.3, 0.4) is 0 Å². The van der Waals surface area contributed by atoms with Gasteiger partial charge in [0, 0.05) is 25.3 Å². The molecule has 1 aromatic rings. The molecule has 6 heteroatoms. The highest BCUT2D eigenvalue weighted by Crippen LogP contribution is 2.30. The zero-order valence-corrected chi connectivity index (χ0v) is 12.3. The second-order valence-corrected chi connectivity index (χ2v) is 5.40. The molecule has 1 atom stereocenters. The number of aliphatic hydroxyl groups excluding tert-OH is 1. The van der Waals surface area contributed by atoms with Gasteiger partial charge in [-0.15, -0.1) is 0 Å². The summed E-state index contributed by atoms with van der Waals surface area (Å²) < 4.78 is 5.02. The van der Waals surface area contributed by atoms with Crippen LogP contribution in [0.4, 0.5) is 5.69 Å². The van der Waals surface area contributed by atoms with E-state index in [4.69, 9.17) is 9.84 Å². The van der Waals surface area contributed by atoms with Crippen molar-refractivity contribution in [2.24, 2.45) is 0 Å². The van der Waals surface area contributed by atoms with E-state index in [9.17, 15) is 10.1 Å². The molecule has 1 heterocycles. The Kier molecular flexibility index (Phi) is 5.52. The summed E-state index contributed by atoms with van der Waals surface area (Å²) in [6, 6.07) is 5.61. The second-order valence-electron chi connectivity index (χ2n) is 5.40. The van der Waals surface area contributed by atoms with E-state index >= 15 is 0 Å². The third-order valence-electron chi connectivity index (χ3n) is 4.02. The van der Waals surface area contributed by atoms with E-state index in [-0.39, 0.29) is 12.3 Å².